The number of rotatable bonds is 4. The number of benzene rings is 1. The molecule has 2 aromatic rings. The minimum atomic E-state index is -0.621. The Kier molecular flexibility index (Phi) is 4.90. The highest BCUT2D eigenvalue weighted by molar-refractivity contribution is 9.10. The van der Waals surface area contributed by atoms with Gasteiger partial charge in [-0.25, -0.2) is 9.97 Å². The van der Waals surface area contributed by atoms with Crippen LogP contribution in [0.25, 0.3) is 0 Å². The minimum Gasteiger partial charge on any atom is -0.481 e. The third-order valence-corrected chi connectivity index (χ3v) is 3.30. The van der Waals surface area contributed by atoms with Gasteiger partial charge < -0.3 is 4.74 Å². The van der Waals surface area contributed by atoms with Gasteiger partial charge in [-0.15, -0.1) is 0 Å². The molecule has 21 heavy (non-hydrogen) atoms. The number of aromatic nitrogens is 2. The van der Waals surface area contributed by atoms with E-state index in [-0.39, 0.29) is 5.91 Å². The van der Waals surface area contributed by atoms with Gasteiger partial charge in [0.1, 0.15) is 5.75 Å². The van der Waals surface area contributed by atoms with Crippen molar-refractivity contribution in [2.75, 3.05) is 11.9 Å². The first-order valence-corrected chi connectivity index (χ1v) is 7.25. The molecule has 110 valence electrons. The van der Waals surface area contributed by atoms with Crippen molar-refractivity contribution in [1.82, 2.24) is 9.97 Å². The molecule has 5 nitrogen and oxygen atoms in total. The molecule has 6 heteroatoms. The molecule has 0 fully saturated rings. The van der Waals surface area contributed by atoms with Gasteiger partial charge in [-0.3, -0.25) is 9.69 Å². The van der Waals surface area contributed by atoms with Crippen LogP contribution in [0.3, 0.4) is 0 Å². The number of hydrogen-bond donors (Lipinski definition) is 0. The first kappa shape index (κ1) is 15.4. The number of carbonyl (C=O) groups excluding carboxylic acids is 1. The van der Waals surface area contributed by atoms with E-state index < -0.39 is 6.10 Å². The van der Waals surface area contributed by atoms with Crippen LogP contribution in [0, 0.1) is 6.92 Å². The highest BCUT2D eigenvalue weighted by Crippen LogP contribution is 2.16. The lowest BCUT2D eigenvalue weighted by molar-refractivity contribution is -0.124. The molecule has 0 radical (unpaired) electrons. The molecular weight excluding hydrogens is 334 g/mol. The van der Waals surface area contributed by atoms with E-state index in [9.17, 15) is 4.79 Å². The molecule has 0 aliphatic heterocycles. The average Bonchev–Trinajstić information content (AvgIpc) is 2.46. The number of carbonyl (C=O) groups is 1. The summed E-state index contributed by atoms with van der Waals surface area (Å²) in [5, 5.41) is 0. The van der Waals surface area contributed by atoms with Crippen LogP contribution in [0.15, 0.2) is 41.1 Å². The fraction of sp³-hybridized carbons (Fsp3) is 0.267. The Labute approximate surface area is 132 Å². The number of ether oxygens (including phenoxy) is 1. The number of aryl methyl sites for hydroxylation is 1. The second-order valence-electron chi connectivity index (χ2n) is 4.68. The zero-order valence-electron chi connectivity index (χ0n) is 12.1. The average molecular weight is 350 g/mol. The summed E-state index contributed by atoms with van der Waals surface area (Å²) in [4.78, 5) is 21.9. The Hall–Kier alpha value is -1.95. The fourth-order valence-corrected chi connectivity index (χ4v) is 2.00. The lowest BCUT2D eigenvalue weighted by atomic mass is 10.2. The molecule has 0 aliphatic rings. The summed E-state index contributed by atoms with van der Waals surface area (Å²) >= 11 is 3.26. The van der Waals surface area contributed by atoms with Gasteiger partial charge in [-0.05, 0) is 47.5 Å². The highest BCUT2D eigenvalue weighted by atomic mass is 79.9. The predicted octanol–water partition coefficient (Wildman–Crippen LogP) is 2.98. The molecule has 0 saturated carbocycles. The van der Waals surface area contributed by atoms with Crippen LogP contribution in [0.1, 0.15) is 12.5 Å². The first-order valence-electron chi connectivity index (χ1n) is 6.46. The van der Waals surface area contributed by atoms with Crippen LogP contribution in [-0.4, -0.2) is 29.0 Å². The van der Waals surface area contributed by atoms with Crippen molar-refractivity contribution in [3.8, 4) is 5.75 Å². The van der Waals surface area contributed by atoms with Crippen molar-refractivity contribution < 1.29 is 9.53 Å². The number of halogens is 1. The maximum Gasteiger partial charge on any atom is 0.269 e. The van der Waals surface area contributed by atoms with Crippen LogP contribution in [0.5, 0.6) is 5.75 Å². The van der Waals surface area contributed by atoms with Gasteiger partial charge in [0.05, 0.1) is 4.47 Å². The molecule has 1 unspecified atom stereocenters. The van der Waals surface area contributed by atoms with Gasteiger partial charge in [-0.2, -0.15) is 0 Å². The number of anilines is 1. The van der Waals surface area contributed by atoms with Crippen molar-refractivity contribution in [1.29, 1.82) is 0 Å². The molecule has 1 aromatic heterocycles. The van der Waals surface area contributed by atoms with E-state index in [4.69, 9.17) is 4.74 Å². The number of hydrogen-bond acceptors (Lipinski definition) is 4. The molecule has 1 aromatic carbocycles. The van der Waals surface area contributed by atoms with Crippen LogP contribution in [0.4, 0.5) is 5.95 Å². The van der Waals surface area contributed by atoms with Crippen LogP contribution in [-0.2, 0) is 4.79 Å². The van der Waals surface area contributed by atoms with Gasteiger partial charge in [-0.1, -0.05) is 12.1 Å². The van der Waals surface area contributed by atoms with Crippen molar-refractivity contribution in [2.45, 2.75) is 20.0 Å². The van der Waals surface area contributed by atoms with Gasteiger partial charge in [0.25, 0.3) is 5.91 Å². The summed E-state index contributed by atoms with van der Waals surface area (Å²) in [6, 6.07) is 7.58. The minimum absolute atomic E-state index is 0.209. The number of nitrogens with zero attached hydrogens (tertiary/aromatic N) is 3. The largest absolute Gasteiger partial charge is 0.481 e. The number of likely N-dealkylation sites (N-methyl/N-ethyl adjacent to an activating group) is 1. The quantitative estimate of drug-likeness (QED) is 0.851. The van der Waals surface area contributed by atoms with Crippen LogP contribution in [0.2, 0.25) is 0 Å². The molecular formula is C15H16BrN3O2. The van der Waals surface area contributed by atoms with E-state index >= 15 is 0 Å². The second kappa shape index (κ2) is 6.67. The lowest BCUT2D eigenvalue weighted by Gasteiger charge is -2.20. The Morgan fingerprint density at radius 2 is 2.00 bits per heavy atom. The van der Waals surface area contributed by atoms with Gasteiger partial charge in [0.15, 0.2) is 6.10 Å². The topological polar surface area (TPSA) is 55.3 Å². The Bertz CT molecular complexity index is 631. The smallest absolute Gasteiger partial charge is 0.269 e. The third kappa shape index (κ3) is 4.01. The molecule has 1 heterocycles. The lowest BCUT2D eigenvalue weighted by Crippen LogP contribution is -2.38. The predicted molar refractivity (Wildman–Crippen MR) is 84.4 cm³/mol. The van der Waals surface area contributed by atoms with Gasteiger partial charge in [0, 0.05) is 19.4 Å². The summed E-state index contributed by atoms with van der Waals surface area (Å²) in [5.41, 5.74) is 1.08. The molecule has 2 rings (SSSR count). The van der Waals surface area contributed by atoms with E-state index in [2.05, 4.69) is 25.9 Å². The maximum atomic E-state index is 12.3. The summed E-state index contributed by atoms with van der Waals surface area (Å²) in [5.74, 6) is 0.794. The molecule has 0 saturated heterocycles. The molecule has 0 aliphatic carbocycles. The van der Waals surface area contributed by atoms with Gasteiger partial charge >= 0.3 is 0 Å². The zero-order chi connectivity index (χ0) is 15.4. The van der Waals surface area contributed by atoms with Crippen LogP contribution >= 0.6 is 15.9 Å². The van der Waals surface area contributed by atoms with E-state index in [0.29, 0.717) is 11.7 Å². The summed E-state index contributed by atoms with van der Waals surface area (Å²) in [7, 11) is 1.63. The third-order valence-electron chi connectivity index (χ3n) is 2.89. The normalized spacial score (nSPS) is 11.8. The highest BCUT2D eigenvalue weighted by Gasteiger charge is 2.22. The summed E-state index contributed by atoms with van der Waals surface area (Å²) in [6.45, 7) is 3.68. The molecule has 1 atom stereocenters. The van der Waals surface area contributed by atoms with Gasteiger partial charge in [0.2, 0.25) is 5.95 Å². The Morgan fingerprint density at radius 3 is 2.62 bits per heavy atom. The standard InChI is InChI=1S/C15H16BrN3O2/c1-10-5-4-6-13(7-10)21-11(2)14(20)19(3)15-17-8-12(16)9-18-15/h4-9,11H,1-3H3. The molecule has 0 spiro atoms. The van der Waals surface area contributed by atoms with E-state index in [1.54, 1.807) is 26.4 Å². The summed E-state index contributed by atoms with van der Waals surface area (Å²) < 4.78 is 6.43. The van der Waals surface area contributed by atoms with E-state index in [1.807, 2.05) is 31.2 Å². The molecule has 0 bridgehead atoms. The summed E-state index contributed by atoms with van der Waals surface area (Å²) in [6.07, 6.45) is 2.57. The fourth-order valence-electron chi connectivity index (χ4n) is 1.79. The second-order valence-corrected chi connectivity index (χ2v) is 5.59. The maximum absolute atomic E-state index is 12.3. The zero-order valence-corrected chi connectivity index (χ0v) is 13.7. The monoisotopic (exact) mass is 349 g/mol. The first-order chi connectivity index (χ1) is 9.97. The van der Waals surface area contributed by atoms with Crippen molar-refractivity contribution in [2.24, 2.45) is 0 Å². The molecule has 0 N–H and O–H groups in total. The Balaban J connectivity index is 2.06. The Morgan fingerprint density at radius 1 is 1.33 bits per heavy atom. The van der Waals surface area contributed by atoms with Crippen LogP contribution < -0.4 is 9.64 Å². The van der Waals surface area contributed by atoms with E-state index in [1.165, 1.54) is 4.90 Å². The van der Waals surface area contributed by atoms with Crippen molar-refractivity contribution in [3.05, 3.63) is 46.7 Å². The molecule has 1 amide bonds. The van der Waals surface area contributed by atoms with Crippen molar-refractivity contribution in [3.63, 3.8) is 0 Å². The van der Waals surface area contributed by atoms with E-state index in [0.717, 1.165) is 10.0 Å². The van der Waals surface area contributed by atoms with Crippen molar-refractivity contribution >= 4 is 27.8 Å². The SMILES string of the molecule is Cc1cccc(OC(C)C(=O)N(C)c2ncc(Br)cn2)c1. The number of amides is 1.